The molecule has 1 fully saturated rings. The second kappa shape index (κ2) is 9.11. The van der Waals surface area contributed by atoms with Crippen molar-refractivity contribution in [3.05, 3.63) is 35.4 Å². The third-order valence-corrected chi connectivity index (χ3v) is 4.94. The summed E-state index contributed by atoms with van der Waals surface area (Å²) in [7, 11) is 0. The molecule has 1 heterocycles. The minimum absolute atomic E-state index is 0.623. The number of morpholine rings is 1. The first-order valence-electron chi connectivity index (χ1n) is 8.88. The molecule has 0 radical (unpaired) electrons. The van der Waals surface area contributed by atoms with Crippen LogP contribution < -0.4 is 15.6 Å². The van der Waals surface area contributed by atoms with Crippen molar-refractivity contribution in [2.45, 2.75) is 25.7 Å². The Kier molecular flexibility index (Phi) is 6.57. The molecule has 0 atom stereocenters. The monoisotopic (exact) mass is 347 g/mol. The molecule has 0 amide bonds. The Morgan fingerprint density at radius 1 is 1.17 bits per heavy atom. The van der Waals surface area contributed by atoms with Gasteiger partial charge in [-0.2, -0.15) is 5.10 Å². The maximum atomic E-state index is 5.37. The zero-order valence-electron chi connectivity index (χ0n) is 14.1. The Morgan fingerprint density at radius 3 is 2.79 bits per heavy atom. The van der Waals surface area contributed by atoms with Crippen molar-refractivity contribution in [2.24, 2.45) is 5.10 Å². The average molecular weight is 348 g/mol. The van der Waals surface area contributed by atoms with Crippen molar-refractivity contribution >= 4 is 23.0 Å². The van der Waals surface area contributed by atoms with Gasteiger partial charge in [0.25, 0.3) is 0 Å². The molecule has 0 bridgehead atoms. The second-order valence-corrected chi connectivity index (χ2v) is 6.87. The first-order valence-corrected chi connectivity index (χ1v) is 9.29. The Hall–Kier alpha value is -1.50. The number of thiocarbonyl (C=S) groups is 1. The lowest BCUT2D eigenvalue weighted by Crippen LogP contribution is -3.14. The number of hydrogen-bond acceptors (Lipinski definition) is 3. The van der Waals surface area contributed by atoms with E-state index < -0.39 is 0 Å². The molecule has 1 aliphatic heterocycles. The molecule has 5 nitrogen and oxygen atoms in total. The van der Waals surface area contributed by atoms with E-state index in [2.05, 4.69) is 40.1 Å². The highest BCUT2D eigenvalue weighted by molar-refractivity contribution is 7.80. The van der Waals surface area contributed by atoms with Crippen LogP contribution in [-0.2, 0) is 17.6 Å². The molecular weight excluding hydrogens is 320 g/mol. The fourth-order valence-electron chi connectivity index (χ4n) is 3.28. The van der Waals surface area contributed by atoms with Gasteiger partial charge in [-0.25, -0.2) is 0 Å². The predicted octanol–water partition coefficient (Wildman–Crippen LogP) is 0.301. The molecule has 2 aliphatic rings. The van der Waals surface area contributed by atoms with E-state index >= 15 is 0 Å². The van der Waals surface area contributed by atoms with Crippen LogP contribution >= 0.6 is 12.2 Å². The van der Waals surface area contributed by atoms with Crippen molar-refractivity contribution in [1.82, 2.24) is 10.7 Å². The second-order valence-electron chi connectivity index (χ2n) is 6.46. The van der Waals surface area contributed by atoms with E-state index in [1.54, 1.807) is 4.90 Å². The standard InChI is InChI=1S/C18H26N4OS/c24-18(19-8-3-9-22-10-12-23-13-11-22)21-20-17-7-6-15-4-1-2-5-16(15)14-17/h1-2,4-5H,3,6-14H2,(H2,19,21,24)/p+1/b20-17+. The predicted molar refractivity (Wildman–Crippen MR) is 101 cm³/mol. The molecule has 1 aliphatic carbocycles. The SMILES string of the molecule is S=C(NCCC[NH+]1CCOCC1)N/N=C1\CCc2ccccc2C1. The van der Waals surface area contributed by atoms with Crippen molar-refractivity contribution in [1.29, 1.82) is 0 Å². The molecule has 3 rings (SSSR count). The number of fused-ring (bicyclic) bond motifs is 1. The number of quaternary nitrogens is 1. The van der Waals surface area contributed by atoms with Gasteiger partial charge in [-0.1, -0.05) is 24.3 Å². The number of hydrogen-bond donors (Lipinski definition) is 3. The molecule has 1 aromatic carbocycles. The lowest BCUT2D eigenvalue weighted by atomic mass is 9.90. The lowest BCUT2D eigenvalue weighted by Gasteiger charge is -2.23. The number of hydrazone groups is 1. The van der Waals surface area contributed by atoms with Gasteiger partial charge in [-0.15, -0.1) is 0 Å². The topological polar surface area (TPSA) is 50.1 Å². The summed E-state index contributed by atoms with van der Waals surface area (Å²) in [6.45, 7) is 6.09. The van der Waals surface area contributed by atoms with E-state index in [4.69, 9.17) is 17.0 Å². The van der Waals surface area contributed by atoms with Crippen LogP contribution in [0, 0.1) is 0 Å². The van der Waals surface area contributed by atoms with Crippen molar-refractivity contribution in [3.8, 4) is 0 Å². The molecule has 0 aromatic heterocycles. The van der Waals surface area contributed by atoms with Crippen molar-refractivity contribution in [2.75, 3.05) is 39.4 Å². The molecule has 24 heavy (non-hydrogen) atoms. The van der Waals surface area contributed by atoms with Crippen molar-refractivity contribution < 1.29 is 9.64 Å². The van der Waals surface area contributed by atoms with Gasteiger partial charge in [-0.05, 0) is 36.2 Å². The minimum atomic E-state index is 0.623. The Balaban J connectivity index is 1.33. The van der Waals surface area contributed by atoms with Crippen LogP contribution in [0.3, 0.4) is 0 Å². The summed E-state index contributed by atoms with van der Waals surface area (Å²) in [4.78, 5) is 1.63. The maximum Gasteiger partial charge on any atom is 0.186 e. The largest absolute Gasteiger partial charge is 0.370 e. The summed E-state index contributed by atoms with van der Waals surface area (Å²) in [5.74, 6) is 0. The third-order valence-electron chi connectivity index (χ3n) is 4.70. The fraction of sp³-hybridized carbons (Fsp3) is 0.556. The van der Waals surface area contributed by atoms with Crippen LogP contribution in [0.2, 0.25) is 0 Å². The molecule has 1 saturated heterocycles. The van der Waals surface area contributed by atoms with E-state index in [1.807, 2.05) is 0 Å². The quantitative estimate of drug-likeness (QED) is 0.407. The highest BCUT2D eigenvalue weighted by Crippen LogP contribution is 2.18. The van der Waals surface area contributed by atoms with Gasteiger partial charge in [-0.3, -0.25) is 5.43 Å². The smallest absolute Gasteiger partial charge is 0.186 e. The minimum Gasteiger partial charge on any atom is -0.370 e. The van der Waals surface area contributed by atoms with Gasteiger partial charge >= 0.3 is 0 Å². The zero-order chi connectivity index (χ0) is 16.6. The molecule has 0 spiro atoms. The van der Waals surface area contributed by atoms with Gasteiger partial charge in [0.05, 0.1) is 19.8 Å². The summed E-state index contributed by atoms with van der Waals surface area (Å²) in [5.41, 5.74) is 7.01. The Morgan fingerprint density at radius 2 is 1.96 bits per heavy atom. The molecule has 3 N–H and O–H groups in total. The van der Waals surface area contributed by atoms with Crippen LogP contribution in [0.25, 0.3) is 0 Å². The summed E-state index contributed by atoms with van der Waals surface area (Å²) in [6.07, 6.45) is 4.11. The normalized spacial score (nSPS) is 19.8. The first-order chi connectivity index (χ1) is 11.8. The fourth-order valence-corrected chi connectivity index (χ4v) is 3.42. The van der Waals surface area contributed by atoms with Crippen LogP contribution in [0.5, 0.6) is 0 Å². The van der Waals surface area contributed by atoms with Gasteiger partial charge in [0.1, 0.15) is 13.1 Å². The van der Waals surface area contributed by atoms with E-state index in [9.17, 15) is 0 Å². The van der Waals surface area contributed by atoms with Gasteiger partial charge < -0.3 is 15.0 Å². The van der Waals surface area contributed by atoms with Crippen LogP contribution in [0.1, 0.15) is 24.0 Å². The number of aryl methyl sites for hydroxylation is 1. The number of nitrogens with zero attached hydrogens (tertiary/aromatic N) is 1. The summed E-state index contributed by atoms with van der Waals surface area (Å²) < 4.78 is 5.37. The summed E-state index contributed by atoms with van der Waals surface area (Å²) >= 11 is 5.31. The summed E-state index contributed by atoms with van der Waals surface area (Å²) in [5, 5.41) is 8.36. The van der Waals surface area contributed by atoms with Crippen LogP contribution in [0.4, 0.5) is 0 Å². The van der Waals surface area contributed by atoms with E-state index in [0.717, 1.165) is 58.5 Å². The number of nitrogens with one attached hydrogen (secondary N) is 3. The molecule has 0 saturated carbocycles. The molecular formula is C18H27N4OS+. The molecule has 130 valence electrons. The van der Waals surface area contributed by atoms with E-state index in [-0.39, 0.29) is 0 Å². The lowest BCUT2D eigenvalue weighted by molar-refractivity contribution is -0.908. The average Bonchev–Trinajstić information content (AvgIpc) is 2.64. The van der Waals surface area contributed by atoms with Gasteiger partial charge in [0.15, 0.2) is 5.11 Å². The number of benzene rings is 1. The van der Waals surface area contributed by atoms with Crippen LogP contribution in [-0.4, -0.2) is 50.2 Å². The van der Waals surface area contributed by atoms with Gasteiger partial charge in [0, 0.05) is 25.1 Å². The number of rotatable bonds is 5. The highest BCUT2D eigenvalue weighted by atomic mass is 32.1. The van der Waals surface area contributed by atoms with Crippen LogP contribution in [0.15, 0.2) is 29.4 Å². The number of ether oxygens (including phenoxy) is 1. The van der Waals surface area contributed by atoms with Gasteiger partial charge in [0.2, 0.25) is 0 Å². The zero-order valence-corrected chi connectivity index (χ0v) is 15.0. The third kappa shape index (κ3) is 5.26. The molecule has 6 heteroatoms. The van der Waals surface area contributed by atoms with Crippen molar-refractivity contribution in [3.63, 3.8) is 0 Å². The maximum absolute atomic E-state index is 5.37. The van der Waals surface area contributed by atoms with E-state index in [1.165, 1.54) is 23.4 Å². The summed E-state index contributed by atoms with van der Waals surface area (Å²) in [6, 6.07) is 8.60. The highest BCUT2D eigenvalue weighted by Gasteiger charge is 2.14. The Labute approximate surface area is 149 Å². The van der Waals surface area contributed by atoms with E-state index in [0.29, 0.717) is 5.11 Å². The Bertz CT molecular complexity index is 584. The molecule has 0 unspecified atom stereocenters. The molecule has 1 aromatic rings. The first kappa shape index (κ1) is 17.3.